The predicted molar refractivity (Wildman–Crippen MR) is 143 cm³/mol. The van der Waals surface area contributed by atoms with Gasteiger partial charge in [-0.15, -0.1) is 0 Å². The van der Waals surface area contributed by atoms with Crippen molar-refractivity contribution in [2.45, 2.75) is 107 Å². The van der Waals surface area contributed by atoms with E-state index in [2.05, 4.69) is 15.2 Å². The van der Waals surface area contributed by atoms with Gasteiger partial charge in [-0.1, -0.05) is 19.3 Å². The molecule has 6 aliphatic rings. The maximum atomic E-state index is 16.0. The Morgan fingerprint density at radius 1 is 1.10 bits per heavy atom. The van der Waals surface area contributed by atoms with Crippen LogP contribution in [0, 0.1) is 17.8 Å². The van der Waals surface area contributed by atoms with E-state index in [9.17, 15) is 9.59 Å². The number of amides is 1. The van der Waals surface area contributed by atoms with E-state index in [1.807, 2.05) is 21.9 Å². The first-order valence-corrected chi connectivity index (χ1v) is 15.4. The molecule has 39 heavy (non-hydrogen) atoms. The van der Waals surface area contributed by atoms with Crippen LogP contribution in [0.15, 0.2) is 30.5 Å². The summed E-state index contributed by atoms with van der Waals surface area (Å²) in [7, 11) is 0. The largest absolute Gasteiger partial charge is 0.369 e. The van der Waals surface area contributed by atoms with E-state index in [1.165, 1.54) is 25.7 Å². The molecule has 0 radical (unpaired) electrons. The Hall–Kier alpha value is -2.26. The minimum atomic E-state index is -1.20. The van der Waals surface area contributed by atoms with E-state index >= 15 is 4.39 Å². The van der Waals surface area contributed by atoms with Gasteiger partial charge in [0.1, 0.15) is 6.17 Å². The number of carbonyl (C=O) groups is 2. The SMILES string of the molecule is O=C1C(C(=O)N2CCCC2)=CN2C3C(CCC4CCCCC43)OC3C(NCCCn4ccnc4)C(F)CC1C32. The monoisotopic (exact) mass is 539 g/mol. The lowest BCUT2D eigenvalue weighted by Gasteiger charge is -2.62. The van der Waals surface area contributed by atoms with Crippen molar-refractivity contribution in [2.75, 3.05) is 19.6 Å². The number of aromatic nitrogens is 2. The Balaban J connectivity index is 1.19. The highest BCUT2D eigenvalue weighted by atomic mass is 19.1. The molecule has 1 aromatic heterocycles. The molecule has 3 aliphatic carbocycles. The van der Waals surface area contributed by atoms with Crippen molar-refractivity contribution in [3.05, 3.63) is 30.5 Å². The highest BCUT2D eigenvalue weighted by molar-refractivity contribution is 6.20. The van der Waals surface area contributed by atoms with Crippen LogP contribution in [0.5, 0.6) is 0 Å². The number of carbonyl (C=O) groups excluding carboxylic acids is 2. The number of ether oxygens (including phenoxy) is 1. The zero-order valence-electron chi connectivity index (χ0n) is 22.8. The molecule has 1 N–H and O–H groups in total. The van der Waals surface area contributed by atoms with E-state index in [0.717, 1.165) is 38.6 Å². The lowest BCUT2D eigenvalue weighted by atomic mass is 9.63. The number of hydrogen-bond donors (Lipinski definition) is 1. The topological polar surface area (TPSA) is 79.7 Å². The summed E-state index contributed by atoms with van der Waals surface area (Å²) in [5, 5.41) is 3.50. The van der Waals surface area contributed by atoms with Crippen molar-refractivity contribution >= 4 is 11.7 Å². The Labute approximate surface area is 230 Å². The number of likely N-dealkylation sites (tertiary alicyclic amines) is 1. The number of alkyl halides is 1. The normalized spacial score (nSPS) is 39.6. The number of hydrogen-bond acceptors (Lipinski definition) is 6. The van der Waals surface area contributed by atoms with Crippen molar-refractivity contribution in [3.8, 4) is 0 Å². The van der Waals surface area contributed by atoms with Crippen LogP contribution in [0.2, 0.25) is 0 Å². The Bertz CT molecular complexity index is 1090. The molecule has 9 unspecified atom stereocenters. The van der Waals surface area contributed by atoms with Crippen molar-refractivity contribution in [3.63, 3.8) is 0 Å². The zero-order chi connectivity index (χ0) is 26.5. The van der Waals surface area contributed by atoms with Gasteiger partial charge in [0.05, 0.1) is 42.2 Å². The molecule has 3 aliphatic heterocycles. The highest BCUT2D eigenvalue weighted by Gasteiger charge is 2.60. The molecule has 9 atom stereocenters. The van der Waals surface area contributed by atoms with Crippen LogP contribution in [0.3, 0.4) is 0 Å². The van der Waals surface area contributed by atoms with Crippen molar-refractivity contribution < 1.29 is 18.7 Å². The van der Waals surface area contributed by atoms with Crippen LogP contribution >= 0.6 is 0 Å². The van der Waals surface area contributed by atoms with Gasteiger partial charge in [0.2, 0.25) is 0 Å². The first-order valence-electron chi connectivity index (χ1n) is 15.4. The molecular formula is C30H42FN5O3. The molecule has 9 heteroatoms. The average Bonchev–Trinajstić information content (AvgIpc) is 3.68. The van der Waals surface area contributed by atoms with E-state index in [1.54, 1.807) is 12.5 Å². The number of rotatable bonds is 6. The third kappa shape index (κ3) is 4.53. The van der Waals surface area contributed by atoms with Crippen molar-refractivity contribution in [2.24, 2.45) is 17.8 Å². The number of morpholine rings is 1. The fourth-order valence-electron chi connectivity index (χ4n) is 8.84. The minimum absolute atomic E-state index is 0.0133. The fraction of sp³-hybridized carbons (Fsp3) is 0.767. The van der Waals surface area contributed by atoms with Gasteiger partial charge in [0.25, 0.3) is 5.91 Å². The van der Waals surface area contributed by atoms with Gasteiger partial charge in [-0.3, -0.25) is 9.59 Å². The number of aryl methyl sites for hydroxylation is 1. The van der Waals surface area contributed by atoms with Gasteiger partial charge in [0.15, 0.2) is 5.78 Å². The average molecular weight is 540 g/mol. The maximum absolute atomic E-state index is 16.0. The maximum Gasteiger partial charge on any atom is 0.258 e. The first kappa shape index (κ1) is 25.7. The van der Waals surface area contributed by atoms with Gasteiger partial charge < -0.3 is 24.4 Å². The van der Waals surface area contributed by atoms with Crippen LogP contribution in [-0.2, 0) is 20.9 Å². The van der Waals surface area contributed by atoms with Crippen LogP contribution in [0.1, 0.15) is 64.2 Å². The Morgan fingerprint density at radius 3 is 2.77 bits per heavy atom. The quantitative estimate of drug-likeness (QED) is 0.442. The second-order valence-electron chi connectivity index (χ2n) is 12.8. The second kappa shape index (κ2) is 10.6. The molecule has 1 amide bonds. The van der Waals surface area contributed by atoms with Crippen molar-refractivity contribution in [1.29, 1.82) is 0 Å². The number of halogens is 1. The number of ketones is 1. The number of imidazole rings is 1. The van der Waals surface area contributed by atoms with Gasteiger partial charge in [-0.25, -0.2) is 9.37 Å². The predicted octanol–water partition coefficient (Wildman–Crippen LogP) is 3.09. The smallest absolute Gasteiger partial charge is 0.258 e. The lowest BCUT2D eigenvalue weighted by Crippen LogP contribution is -2.74. The molecule has 7 rings (SSSR count). The molecule has 2 saturated heterocycles. The molecule has 0 aromatic carbocycles. The summed E-state index contributed by atoms with van der Waals surface area (Å²) >= 11 is 0. The van der Waals surface area contributed by atoms with Crippen LogP contribution in [0.25, 0.3) is 0 Å². The summed E-state index contributed by atoms with van der Waals surface area (Å²) in [5.41, 5.74) is 0.287. The van der Waals surface area contributed by atoms with Crippen molar-refractivity contribution in [1.82, 2.24) is 24.7 Å². The molecule has 212 valence electrons. The van der Waals surface area contributed by atoms with Crippen LogP contribution in [-0.4, -0.2) is 87.2 Å². The molecular weight excluding hydrogens is 497 g/mol. The summed E-state index contributed by atoms with van der Waals surface area (Å²) < 4.78 is 24.9. The summed E-state index contributed by atoms with van der Waals surface area (Å²) in [4.78, 5) is 35.8. The lowest BCUT2D eigenvalue weighted by molar-refractivity contribution is -0.215. The Kier molecular flexibility index (Phi) is 6.99. The standard InChI is InChI=1S/C30H42FN5O3/c31-23-16-21-27-29(25(23)33-10-5-12-34-15-11-32-18-34)39-24-9-8-19-6-1-2-7-20(19)26(24)36(27)17-22(28(21)37)30(38)35-13-3-4-14-35/h11,15,17-21,23-27,29,33H,1-10,12-14,16H2. The number of nitrogens with one attached hydrogen (secondary N) is 1. The molecule has 5 fully saturated rings. The minimum Gasteiger partial charge on any atom is -0.369 e. The molecule has 1 aromatic rings. The number of Topliss-reactive ketones (excluding diaryl/α,β-unsaturated/α-hetero) is 1. The van der Waals surface area contributed by atoms with E-state index < -0.39 is 24.2 Å². The van der Waals surface area contributed by atoms with Crippen LogP contribution < -0.4 is 5.32 Å². The molecule has 4 heterocycles. The first-order chi connectivity index (χ1) is 19.1. The van der Waals surface area contributed by atoms with E-state index in [4.69, 9.17) is 4.74 Å². The van der Waals surface area contributed by atoms with Crippen LogP contribution in [0.4, 0.5) is 4.39 Å². The summed E-state index contributed by atoms with van der Waals surface area (Å²) in [5.74, 6) is 0.331. The third-order valence-corrected chi connectivity index (χ3v) is 10.6. The fourth-order valence-corrected chi connectivity index (χ4v) is 8.84. The summed E-state index contributed by atoms with van der Waals surface area (Å²) in [6, 6.07) is -0.508. The molecule has 0 bridgehead atoms. The van der Waals surface area contributed by atoms with Gasteiger partial charge in [-0.05, 0) is 63.3 Å². The van der Waals surface area contributed by atoms with Gasteiger partial charge in [-0.2, -0.15) is 0 Å². The Morgan fingerprint density at radius 2 is 1.95 bits per heavy atom. The molecule has 0 spiro atoms. The summed E-state index contributed by atoms with van der Waals surface area (Å²) in [6.07, 6.45) is 15.9. The van der Waals surface area contributed by atoms with Gasteiger partial charge >= 0.3 is 0 Å². The number of fused-ring (bicyclic) bond motifs is 4. The highest BCUT2D eigenvalue weighted by Crippen LogP contribution is 2.51. The second-order valence-corrected chi connectivity index (χ2v) is 12.8. The number of nitrogens with zero attached hydrogens (tertiary/aromatic N) is 4. The van der Waals surface area contributed by atoms with Gasteiger partial charge in [0, 0.05) is 44.1 Å². The zero-order valence-corrected chi connectivity index (χ0v) is 22.8. The van der Waals surface area contributed by atoms with E-state index in [-0.39, 0.29) is 41.9 Å². The third-order valence-electron chi connectivity index (χ3n) is 10.6. The van der Waals surface area contributed by atoms with E-state index in [0.29, 0.717) is 31.5 Å². The summed E-state index contributed by atoms with van der Waals surface area (Å²) in [6.45, 7) is 2.90. The molecule has 3 saturated carbocycles. The molecule has 8 nitrogen and oxygen atoms in total.